The highest BCUT2D eigenvalue weighted by atomic mass is 16.5. The van der Waals surface area contributed by atoms with Crippen LogP contribution in [0.3, 0.4) is 0 Å². The summed E-state index contributed by atoms with van der Waals surface area (Å²) in [5.41, 5.74) is 1.12. The summed E-state index contributed by atoms with van der Waals surface area (Å²) in [6, 6.07) is 7.84. The molecule has 0 amide bonds. The molecule has 0 unspecified atom stereocenters. The summed E-state index contributed by atoms with van der Waals surface area (Å²) in [7, 11) is 5.04. The molecule has 0 fully saturated rings. The van der Waals surface area contributed by atoms with Gasteiger partial charge in [0.05, 0.1) is 14.2 Å². The van der Waals surface area contributed by atoms with Crippen LogP contribution >= 0.6 is 0 Å². The molecule has 0 aliphatic heterocycles. The summed E-state index contributed by atoms with van der Waals surface area (Å²) in [5, 5.41) is 6.20. The summed E-state index contributed by atoms with van der Waals surface area (Å²) < 4.78 is 10.5. The third-order valence-electron chi connectivity index (χ3n) is 2.86. The third kappa shape index (κ3) is 3.09. The van der Waals surface area contributed by atoms with E-state index in [9.17, 15) is 0 Å². The maximum absolute atomic E-state index is 5.32. The van der Waals surface area contributed by atoms with E-state index in [1.807, 2.05) is 24.3 Å². The smallest absolute Gasteiger partial charge is 0.204 e. The van der Waals surface area contributed by atoms with Crippen molar-refractivity contribution in [2.75, 3.05) is 31.9 Å². The Morgan fingerprint density at radius 1 is 1.00 bits per heavy atom. The average Bonchev–Trinajstić information content (AvgIpc) is 2.52. The van der Waals surface area contributed by atoms with Gasteiger partial charge in [0.2, 0.25) is 5.75 Å². The Morgan fingerprint density at radius 3 is 2.30 bits per heavy atom. The number of rotatable bonds is 6. The van der Waals surface area contributed by atoms with Crippen LogP contribution in [-0.2, 0) is 6.54 Å². The summed E-state index contributed by atoms with van der Waals surface area (Å²) in [6.07, 6.45) is 1.49. The van der Waals surface area contributed by atoms with Gasteiger partial charge in [-0.3, -0.25) is 0 Å². The Balaban J connectivity index is 2.10. The van der Waals surface area contributed by atoms with Crippen molar-refractivity contribution >= 4 is 11.6 Å². The molecule has 0 saturated heterocycles. The van der Waals surface area contributed by atoms with E-state index in [1.54, 1.807) is 21.3 Å². The second-order valence-corrected chi connectivity index (χ2v) is 4.06. The van der Waals surface area contributed by atoms with Crippen LogP contribution in [0.15, 0.2) is 30.6 Å². The van der Waals surface area contributed by atoms with Crippen LogP contribution in [0.25, 0.3) is 0 Å². The van der Waals surface area contributed by atoms with Crippen molar-refractivity contribution in [1.29, 1.82) is 0 Å². The first-order valence-corrected chi connectivity index (χ1v) is 6.22. The highest BCUT2D eigenvalue weighted by Gasteiger charge is 2.10. The Kier molecular flexibility index (Phi) is 4.60. The number of nitrogens with zero attached hydrogens (tertiary/aromatic N) is 2. The summed E-state index contributed by atoms with van der Waals surface area (Å²) in [5.74, 6) is 2.75. The molecule has 106 valence electrons. The molecular weight excluding hydrogens is 256 g/mol. The molecule has 0 radical (unpaired) electrons. The lowest BCUT2D eigenvalue weighted by Gasteiger charge is -2.12. The zero-order valence-corrected chi connectivity index (χ0v) is 11.8. The van der Waals surface area contributed by atoms with Gasteiger partial charge in [0.1, 0.15) is 12.1 Å². The van der Waals surface area contributed by atoms with Gasteiger partial charge >= 0.3 is 0 Å². The van der Waals surface area contributed by atoms with Crippen LogP contribution in [0.2, 0.25) is 0 Å². The highest BCUT2D eigenvalue weighted by molar-refractivity contribution is 5.63. The normalized spacial score (nSPS) is 9.95. The quantitative estimate of drug-likeness (QED) is 0.841. The zero-order valence-electron chi connectivity index (χ0n) is 11.8. The summed E-state index contributed by atoms with van der Waals surface area (Å²) in [4.78, 5) is 8.30. The van der Waals surface area contributed by atoms with Crippen molar-refractivity contribution in [2.45, 2.75) is 6.54 Å². The molecule has 0 spiro atoms. The topological polar surface area (TPSA) is 68.3 Å². The van der Waals surface area contributed by atoms with Gasteiger partial charge in [-0.05, 0) is 17.7 Å². The van der Waals surface area contributed by atoms with E-state index >= 15 is 0 Å². The lowest BCUT2D eigenvalue weighted by atomic mass is 10.2. The van der Waals surface area contributed by atoms with E-state index in [0.717, 1.165) is 11.3 Å². The molecule has 1 heterocycles. The molecule has 0 aliphatic rings. The van der Waals surface area contributed by atoms with Crippen molar-refractivity contribution in [3.05, 3.63) is 36.2 Å². The minimum absolute atomic E-state index is 0.600. The molecule has 0 saturated carbocycles. The van der Waals surface area contributed by atoms with E-state index in [2.05, 4.69) is 20.6 Å². The van der Waals surface area contributed by atoms with Gasteiger partial charge in [0.25, 0.3) is 0 Å². The van der Waals surface area contributed by atoms with Gasteiger partial charge in [-0.2, -0.15) is 0 Å². The molecule has 2 rings (SSSR count). The van der Waals surface area contributed by atoms with E-state index in [-0.39, 0.29) is 0 Å². The number of anilines is 2. The minimum Gasteiger partial charge on any atom is -0.497 e. The Morgan fingerprint density at radius 2 is 1.70 bits per heavy atom. The van der Waals surface area contributed by atoms with Gasteiger partial charge in [-0.15, -0.1) is 0 Å². The predicted octanol–water partition coefficient (Wildman–Crippen LogP) is 2.15. The molecule has 2 aromatic rings. The van der Waals surface area contributed by atoms with Crippen molar-refractivity contribution in [3.8, 4) is 11.5 Å². The van der Waals surface area contributed by atoms with Crippen LogP contribution < -0.4 is 20.1 Å². The molecule has 20 heavy (non-hydrogen) atoms. The first-order valence-electron chi connectivity index (χ1n) is 6.22. The van der Waals surface area contributed by atoms with Gasteiger partial charge in [0.15, 0.2) is 11.6 Å². The number of benzene rings is 1. The fraction of sp³-hybridized carbons (Fsp3) is 0.286. The monoisotopic (exact) mass is 274 g/mol. The third-order valence-corrected chi connectivity index (χ3v) is 2.86. The van der Waals surface area contributed by atoms with E-state index in [0.29, 0.717) is 23.9 Å². The van der Waals surface area contributed by atoms with E-state index in [1.165, 1.54) is 6.33 Å². The minimum atomic E-state index is 0.600. The van der Waals surface area contributed by atoms with Gasteiger partial charge < -0.3 is 20.1 Å². The van der Waals surface area contributed by atoms with Crippen molar-refractivity contribution in [3.63, 3.8) is 0 Å². The van der Waals surface area contributed by atoms with Crippen molar-refractivity contribution < 1.29 is 9.47 Å². The average molecular weight is 274 g/mol. The standard InChI is InChI=1S/C14H18N4O2/c1-15-13-12(20-3)14(18-9-17-13)16-8-10-4-6-11(19-2)7-5-10/h4-7,9H,8H2,1-3H3,(H2,15,16,17,18). The fourth-order valence-corrected chi connectivity index (χ4v) is 1.80. The number of aromatic nitrogens is 2. The second kappa shape index (κ2) is 6.60. The van der Waals surface area contributed by atoms with E-state index in [4.69, 9.17) is 9.47 Å². The van der Waals surface area contributed by atoms with Crippen molar-refractivity contribution in [1.82, 2.24) is 9.97 Å². The fourth-order valence-electron chi connectivity index (χ4n) is 1.80. The summed E-state index contributed by atoms with van der Waals surface area (Å²) >= 11 is 0. The molecule has 0 atom stereocenters. The number of nitrogens with one attached hydrogen (secondary N) is 2. The van der Waals surface area contributed by atoms with Crippen LogP contribution in [-0.4, -0.2) is 31.2 Å². The van der Waals surface area contributed by atoms with Crippen LogP contribution in [0.4, 0.5) is 11.6 Å². The summed E-state index contributed by atoms with van der Waals surface area (Å²) in [6.45, 7) is 0.639. The molecule has 0 bridgehead atoms. The number of methoxy groups -OCH3 is 2. The lowest BCUT2D eigenvalue weighted by molar-refractivity contribution is 0.414. The molecule has 1 aromatic heterocycles. The maximum atomic E-state index is 5.32. The van der Waals surface area contributed by atoms with Gasteiger partial charge in [0, 0.05) is 13.6 Å². The van der Waals surface area contributed by atoms with Crippen LogP contribution in [0.1, 0.15) is 5.56 Å². The molecular formula is C14H18N4O2. The number of hydrogen-bond acceptors (Lipinski definition) is 6. The largest absolute Gasteiger partial charge is 0.497 e. The highest BCUT2D eigenvalue weighted by Crippen LogP contribution is 2.28. The first kappa shape index (κ1) is 13.9. The molecule has 6 heteroatoms. The van der Waals surface area contributed by atoms with Crippen molar-refractivity contribution in [2.24, 2.45) is 0 Å². The Hall–Kier alpha value is -2.50. The van der Waals surface area contributed by atoms with Crippen LogP contribution in [0, 0.1) is 0 Å². The van der Waals surface area contributed by atoms with Crippen LogP contribution in [0.5, 0.6) is 11.5 Å². The predicted molar refractivity (Wildman–Crippen MR) is 78.5 cm³/mol. The molecule has 1 aromatic carbocycles. The lowest BCUT2D eigenvalue weighted by Crippen LogP contribution is -2.06. The number of hydrogen-bond donors (Lipinski definition) is 2. The zero-order chi connectivity index (χ0) is 14.4. The van der Waals surface area contributed by atoms with Gasteiger partial charge in [-0.1, -0.05) is 12.1 Å². The SMILES string of the molecule is CNc1ncnc(NCc2ccc(OC)cc2)c1OC. The first-order chi connectivity index (χ1) is 9.78. The Bertz CT molecular complexity index is 558. The Labute approximate surface area is 118 Å². The van der Waals surface area contributed by atoms with E-state index < -0.39 is 0 Å². The molecule has 0 aliphatic carbocycles. The maximum Gasteiger partial charge on any atom is 0.204 e. The van der Waals surface area contributed by atoms with Gasteiger partial charge in [-0.25, -0.2) is 9.97 Å². The number of ether oxygens (including phenoxy) is 2. The molecule has 2 N–H and O–H groups in total. The molecule has 6 nitrogen and oxygen atoms in total. The second-order valence-electron chi connectivity index (χ2n) is 4.06.